The predicted octanol–water partition coefficient (Wildman–Crippen LogP) is 2.54. The maximum absolute atomic E-state index is 12.1. The fourth-order valence-electron chi connectivity index (χ4n) is 1.89. The number of ketones is 1. The van der Waals surface area contributed by atoms with E-state index in [1.54, 1.807) is 32.4 Å². The van der Waals surface area contributed by atoms with Gasteiger partial charge in [-0.3, -0.25) is 4.79 Å². The van der Waals surface area contributed by atoms with Crippen molar-refractivity contribution in [2.75, 3.05) is 14.2 Å². The molecular weight excluding hydrogens is 204 g/mol. The van der Waals surface area contributed by atoms with Crippen molar-refractivity contribution >= 4 is 5.78 Å². The van der Waals surface area contributed by atoms with Gasteiger partial charge in [-0.15, -0.1) is 0 Å². The van der Waals surface area contributed by atoms with Crippen molar-refractivity contribution in [1.29, 1.82) is 0 Å². The summed E-state index contributed by atoms with van der Waals surface area (Å²) < 4.78 is 10.3. The zero-order chi connectivity index (χ0) is 11.7. The van der Waals surface area contributed by atoms with Gasteiger partial charge in [0.25, 0.3) is 0 Å². The van der Waals surface area contributed by atoms with Gasteiger partial charge in [-0.2, -0.15) is 0 Å². The first kappa shape index (κ1) is 11.0. The van der Waals surface area contributed by atoms with Crippen LogP contribution in [-0.2, 0) is 0 Å². The second-order valence-electron chi connectivity index (χ2n) is 4.25. The molecule has 0 heterocycles. The van der Waals surface area contributed by atoms with E-state index in [1.165, 1.54) is 0 Å². The molecule has 1 saturated carbocycles. The summed E-state index contributed by atoms with van der Waals surface area (Å²) in [7, 11) is 3.17. The first-order valence-corrected chi connectivity index (χ1v) is 5.43. The highest BCUT2D eigenvalue weighted by atomic mass is 16.5. The molecule has 1 aliphatic rings. The molecule has 1 aromatic carbocycles. The highest BCUT2D eigenvalue weighted by Crippen LogP contribution is 2.42. The summed E-state index contributed by atoms with van der Waals surface area (Å²) in [4.78, 5) is 12.1. The molecule has 0 spiro atoms. The molecule has 2 rings (SSSR count). The van der Waals surface area contributed by atoms with Crippen molar-refractivity contribution in [2.24, 2.45) is 11.8 Å². The SMILES string of the molecule is COc1ccc(OC)c(C(=O)C2CC2C)c1. The Morgan fingerprint density at radius 3 is 2.50 bits per heavy atom. The molecule has 1 aliphatic carbocycles. The van der Waals surface area contributed by atoms with E-state index in [1.807, 2.05) is 0 Å². The molecule has 0 N–H and O–H groups in total. The van der Waals surface area contributed by atoms with Crippen LogP contribution in [0.15, 0.2) is 18.2 Å². The van der Waals surface area contributed by atoms with Gasteiger partial charge in [-0.05, 0) is 30.5 Å². The molecule has 1 fully saturated rings. The number of Topliss-reactive ketones (excluding diaryl/α,β-unsaturated/α-hetero) is 1. The lowest BCUT2D eigenvalue weighted by atomic mass is 10.0. The Morgan fingerprint density at radius 2 is 2.00 bits per heavy atom. The Balaban J connectivity index is 2.32. The van der Waals surface area contributed by atoms with Crippen molar-refractivity contribution < 1.29 is 14.3 Å². The summed E-state index contributed by atoms with van der Waals surface area (Å²) >= 11 is 0. The van der Waals surface area contributed by atoms with Crippen molar-refractivity contribution in [1.82, 2.24) is 0 Å². The zero-order valence-corrected chi connectivity index (χ0v) is 9.82. The number of carbonyl (C=O) groups is 1. The first-order chi connectivity index (χ1) is 7.67. The van der Waals surface area contributed by atoms with E-state index in [9.17, 15) is 4.79 Å². The van der Waals surface area contributed by atoms with Gasteiger partial charge in [-0.1, -0.05) is 6.92 Å². The highest BCUT2D eigenvalue weighted by Gasteiger charge is 2.40. The van der Waals surface area contributed by atoms with Crippen molar-refractivity contribution in [3.8, 4) is 11.5 Å². The van der Waals surface area contributed by atoms with Crippen LogP contribution in [-0.4, -0.2) is 20.0 Å². The Labute approximate surface area is 95.4 Å². The number of ether oxygens (including phenoxy) is 2. The van der Waals surface area contributed by atoms with E-state index >= 15 is 0 Å². The van der Waals surface area contributed by atoms with Crippen LogP contribution in [0, 0.1) is 11.8 Å². The molecule has 0 amide bonds. The Morgan fingerprint density at radius 1 is 1.31 bits per heavy atom. The Hall–Kier alpha value is -1.51. The molecule has 0 aromatic heterocycles. The monoisotopic (exact) mass is 220 g/mol. The Kier molecular flexibility index (Phi) is 2.86. The molecule has 3 nitrogen and oxygen atoms in total. The maximum Gasteiger partial charge on any atom is 0.170 e. The molecular formula is C13H16O3. The number of rotatable bonds is 4. The van der Waals surface area contributed by atoms with Gasteiger partial charge >= 0.3 is 0 Å². The molecule has 16 heavy (non-hydrogen) atoms. The number of benzene rings is 1. The van der Waals surface area contributed by atoms with E-state index in [4.69, 9.17) is 9.47 Å². The number of carbonyl (C=O) groups excluding carboxylic acids is 1. The quantitative estimate of drug-likeness (QED) is 0.731. The van der Waals surface area contributed by atoms with Crippen LogP contribution < -0.4 is 9.47 Å². The zero-order valence-electron chi connectivity index (χ0n) is 9.82. The first-order valence-electron chi connectivity index (χ1n) is 5.43. The van der Waals surface area contributed by atoms with Gasteiger partial charge in [0, 0.05) is 5.92 Å². The van der Waals surface area contributed by atoms with Crippen LogP contribution in [0.4, 0.5) is 0 Å². The van der Waals surface area contributed by atoms with E-state index in [-0.39, 0.29) is 11.7 Å². The van der Waals surface area contributed by atoms with Gasteiger partial charge in [0.05, 0.1) is 19.8 Å². The topological polar surface area (TPSA) is 35.5 Å². The molecule has 2 atom stereocenters. The minimum absolute atomic E-state index is 0.168. The van der Waals surface area contributed by atoms with Gasteiger partial charge in [-0.25, -0.2) is 0 Å². The Bertz CT molecular complexity index is 412. The summed E-state index contributed by atoms with van der Waals surface area (Å²) in [6, 6.07) is 5.33. The maximum atomic E-state index is 12.1. The number of hydrogen-bond acceptors (Lipinski definition) is 3. The van der Waals surface area contributed by atoms with Gasteiger partial charge in [0.2, 0.25) is 0 Å². The third-order valence-corrected chi connectivity index (χ3v) is 3.12. The highest BCUT2D eigenvalue weighted by molar-refractivity contribution is 6.02. The van der Waals surface area contributed by atoms with Crippen LogP contribution in [0.5, 0.6) is 11.5 Å². The summed E-state index contributed by atoms with van der Waals surface area (Å²) in [6.45, 7) is 2.09. The number of hydrogen-bond donors (Lipinski definition) is 0. The molecule has 3 heteroatoms. The summed E-state index contributed by atoms with van der Waals surface area (Å²) in [5, 5.41) is 0. The number of methoxy groups -OCH3 is 2. The van der Waals surface area contributed by atoms with Gasteiger partial charge < -0.3 is 9.47 Å². The molecule has 0 saturated heterocycles. The molecule has 86 valence electrons. The predicted molar refractivity (Wildman–Crippen MR) is 61.1 cm³/mol. The summed E-state index contributed by atoms with van der Waals surface area (Å²) in [5.41, 5.74) is 0.635. The van der Waals surface area contributed by atoms with E-state index in [2.05, 4.69) is 6.92 Å². The van der Waals surface area contributed by atoms with Crippen LogP contribution in [0.1, 0.15) is 23.7 Å². The standard InChI is InChI=1S/C13H16O3/c1-8-6-10(8)13(14)11-7-9(15-2)4-5-12(11)16-3/h4-5,7-8,10H,6H2,1-3H3. The molecule has 0 bridgehead atoms. The lowest BCUT2D eigenvalue weighted by Crippen LogP contribution is -2.05. The van der Waals surface area contributed by atoms with E-state index in [0.29, 0.717) is 23.0 Å². The van der Waals surface area contributed by atoms with E-state index < -0.39 is 0 Å². The van der Waals surface area contributed by atoms with Crippen LogP contribution in [0.25, 0.3) is 0 Å². The average Bonchev–Trinajstić information content (AvgIpc) is 3.04. The van der Waals surface area contributed by atoms with Gasteiger partial charge in [0.15, 0.2) is 5.78 Å². The smallest absolute Gasteiger partial charge is 0.170 e. The van der Waals surface area contributed by atoms with Crippen LogP contribution in [0.2, 0.25) is 0 Å². The molecule has 2 unspecified atom stereocenters. The fraction of sp³-hybridized carbons (Fsp3) is 0.462. The minimum atomic E-state index is 0.168. The van der Waals surface area contributed by atoms with Gasteiger partial charge in [0.1, 0.15) is 11.5 Å². The normalized spacial score (nSPS) is 22.7. The lowest BCUT2D eigenvalue weighted by Gasteiger charge is -2.09. The van der Waals surface area contributed by atoms with Crippen molar-refractivity contribution in [3.05, 3.63) is 23.8 Å². The van der Waals surface area contributed by atoms with Crippen molar-refractivity contribution in [3.63, 3.8) is 0 Å². The third-order valence-electron chi connectivity index (χ3n) is 3.12. The third kappa shape index (κ3) is 1.90. The average molecular weight is 220 g/mol. The summed E-state index contributed by atoms with van der Waals surface area (Å²) in [5.74, 6) is 2.16. The largest absolute Gasteiger partial charge is 0.497 e. The lowest BCUT2D eigenvalue weighted by molar-refractivity contribution is 0.0959. The second kappa shape index (κ2) is 4.16. The van der Waals surface area contributed by atoms with E-state index in [0.717, 1.165) is 6.42 Å². The van der Waals surface area contributed by atoms with Crippen molar-refractivity contribution in [2.45, 2.75) is 13.3 Å². The molecule has 1 aromatic rings. The van der Waals surface area contributed by atoms with Crippen LogP contribution >= 0.6 is 0 Å². The van der Waals surface area contributed by atoms with Crippen LogP contribution in [0.3, 0.4) is 0 Å². The molecule has 0 aliphatic heterocycles. The minimum Gasteiger partial charge on any atom is -0.497 e. The summed E-state index contributed by atoms with van der Waals surface area (Å²) in [6.07, 6.45) is 0.985. The fourth-order valence-corrected chi connectivity index (χ4v) is 1.89. The second-order valence-corrected chi connectivity index (χ2v) is 4.25. The molecule has 0 radical (unpaired) electrons.